The number of benzene rings is 3. The number of thioether (sulfide) groups is 1. The van der Waals surface area contributed by atoms with Crippen LogP contribution in [-0.4, -0.2) is 36.7 Å². The Kier molecular flexibility index (Phi) is 7.43. The van der Waals surface area contributed by atoms with Crippen LogP contribution in [0.3, 0.4) is 0 Å². The molecule has 0 radical (unpaired) electrons. The molecule has 1 saturated heterocycles. The molecule has 1 N–H and O–H groups in total. The van der Waals surface area contributed by atoms with Crippen molar-refractivity contribution in [3.63, 3.8) is 0 Å². The molecule has 4 rings (SSSR count). The van der Waals surface area contributed by atoms with Crippen molar-refractivity contribution in [1.29, 1.82) is 0 Å². The van der Waals surface area contributed by atoms with Crippen LogP contribution in [0.1, 0.15) is 45.4 Å². The van der Waals surface area contributed by atoms with Crippen LogP contribution in [-0.2, 0) is 11.3 Å². The van der Waals surface area contributed by atoms with Crippen molar-refractivity contribution >= 4 is 23.6 Å². The molecule has 1 heterocycles. The number of nitrogens with one attached hydrogen (secondary N) is 1. The minimum absolute atomic E-state index is 0.0650. The van der Waals surface area contributed by atoms with Gasteiger partial charge >= 0.3 is 0 Å². The highest BCUT2D eigenvalue weighted by Gasteiger charge is 2.32. The molecule has 2 atom stereocenters. The first-order valence-corrected chi connectivity index (χ1v) is 12.1. The van der Waals surface area contributed by atoms with Gasteiger partial charge < -0.3 is 19.7 Å². The Bertz CT molecular complexity index is 1150. The molecule has 0 aromatic heterocycles. The third-order valence-electron chi connectivity index (χ3n) is 5.87. The van der Waals surface area contributed by atoms with Gasteiger partial charge in [-0.1, -0.05) is 42.5 Å². The second-order valence-corrected chi connectivity index (χ2v) is 9.16. The molecule has 1 aliphatic heterocycles. The van der Waals surface area contributed by atoms with E-state index in [1.54, 1.807) is 26.0 Å². The first-order valence-electron chi connectivity index (χ1n) is 11.1. The van der Waals surface area contributed by atoms with E-state index in [1.165, 1.54) is 0 Å². The fourth-order valence-electron chi connectivity index (χ4n) is 4.02. The molecule has 3 aromatic rings. The van der Waals surface area contributed by atoms with Crippen LogP contribution in [0.2, 0.25) is 0 Å². The minimum Gasteiger partial charge on any atom is -0.497 e. The van der Waals surface area contributed by atoms with Crippen molar-refractivity contribution in [1.82, 2.24) is 10.2 Å². The highest BCUT2D eigenvalue weighted by Crippen LogP contribution is 2.39. The molecule has 3 aromatic carbocycles. The summed E-state index contributed by atoms with van der Waals surface area (Å²) < 4.78 is 10.8. The van der Waals surface area contributed by atoms with Crippen molar-refractivity contribution in [2.45, 2.75) is 24.9 Å². The molecule has 2 unspecified atom stereocenters. The van der Waals surface area contributed by atoms with Crippen LogP contribution >= 0.6 is 11.8 Å². The maximum atomic E-state index is 12.9. The van der Waals surface area contributed by atoms with E-state index in [-0.39, 0.29) is 23.2 Å². The molecule has 2 amide bonds. The van der Waals surface area contributed by atoms with Crippen molar-refractivity contribution < 1.29 is 19.1 Å². The van der Waals surface area contributed by atoms with E-state index in [2.05, 4.69) is 5.32 Å². The quantitative estimate of drug-likeness (QED) is 0.497. The summed E-state index contributed by atoms with van der Waals surface area (Å²) in [5, 5.41) is 2.97. The molecule has 0 saturated carbocycles. The summed E-state index contributed by atoms with van der Waals surface area (Å²) in [5.41, 5.74) is 3.50. The molecule has 0 aliphatic carbocycles. The summed E-state index contributed by atoms with van der Waals surface area (Å²) in [6.45, 7) is 2.48. The van der Waals surface area contributed by atoms with E-state index in [0.717, 1.165) is 16.7 Å². The first kappa shape index (κ1) is 23.7. The molecule has 1 aliphatic rings. The number of methoxy groups -OCH3 is 2. The zero-order chi connectivity index (χ0) is 24.1. The van der Waals surface area contributed by atoms with Gasteiger partial charge in [-0.15, -0.1) is 11.8 Å². The van der Waals surface area contributed by atoms with Crippen LogP contribution in [0, 0.1) is 0 Å². The van der Waals surface area contributed by atoms with Crippen molar-refractivity contribution in [2.75, 3.05) is 20.0 Å². The van der Waals surface area contributed by atoms with Crippen LogP contribution in [0.25, 0.3) is 0 Å². The molecular weight excluding hydrogens is 448 g/mol. The van der Waals surface area contributed by atoms with E-state index in [0.29, 0.717) is 29.4 Å². The number of hydrogen-bond acceptors (Lipinski definition) is 5. The van der Waals surface area contributed by atoms with Gasteiger partial charge in [-0.3, -0.25) is 9.59 Å². The summed E-state index contributed by atoms with van der Waals surface area (Å²) in [5.74, 6) is 1.79. The lowest BCUT2D eigenvalue weighted by atomic mass is 10.1. The van der Waals surface area contributed by atoms with Gasteiger partial charge in [0.1, 0.15) is 16.9 Å². The van der Waals surface area contributed by atoms with E-state index >= 15 is 0 Å². The van der Waals surface area contributed by atoms with Gasteiger partial charge in [-0.2, -0.15) is 0 Å². The molecule has 34 heavy (non-hydrogen) atoms. The molecule has 0 spiro atoms. The Labute approximate surface area is 204 Å². The normalized spacial score (nSPS) is 16.3. The molecule has 6 nitrogen and oxygen atoms in total. The maximum absolute atomic E-state index is 12.9. The number of carbonyl (C=O) groups excluding carboxylic acids is 2. The van der Waals surface area contributed by atoms with Crippen LogP contribution in [0.15, 0.2) is 72.8 Å². The second-order valence-electron chi connectivity index (χ2n) is 8.10. The Morgan fingerprint density at radius 1 is 1.06 bits per heavy atom. The smallest absolute Gasteiger partial charge is 0.251 e. The Balaban J connectivity index is 1.46. The van der Waals surface area contributed by atoms with Gasteiger partial charge in [0.25, 0.3) is 5.91 Å². The monoisotopic (exact) mass is 476 g/mol. The summed E-state index contributed by atoms with van der Waals surface area (Å²) in [6, 6.07) is 22.7. The van der Waals surface area contributed by atoms with E-state index in [1.807, 2.05) is 84.6 Å². The molecule has 1 fully saturated rings. The van der Waals surface area contributed by atoms with Gasteiger partial charge in [0.2, 0.25) is 5.91 Å². The Morgan fingerprint density at radius 2 is 1.79 bits per heavy atom. The van der Waals surface area contributed by atoms with Gasteiger partial charge in [-0.25, -0.2) is 0 Å². The topological polar surface area (TPSA) is 67.9 Å². The molecule has 0 bridgehead atoms. The largest absolute Gasteiger partial charge is 0.497 e. The SMILES string of the molecule is COc1ccc(OC)c(C(C)NC(=O)c2ccc(C3SCC(=O)N3Cc3ccccc3)cc2)c1. The lowest BCUT2D eigenvalue weighted by Crippen LogP contribution is -2.28. The fourth-order valence-corrected chi connectivity index (χ4v) is 5.20. The van der Waals surface area contributed by atoms with Gasteiger partial charge in [0.05, 0.1) is 26.0 Å². The number of rotatable bonds is 8. The third kappa shape index (κ3) is 5.20. The predicted molar refractivity (Wildman–Crippen MR) is 134 cm³/mol. The minimum atomic E-state index is -0.276. The summed E-state index contributed by atoms with van der Waals surface area (Å²) in [4.78, 5) is 27.3. The van der Waals surface area contributed by atoms with Crippen LogP contribution in [0.4, 0.5) is 0 Å². The second kappa shape index (κ2) is 10.7. The van der Waals surface area contributed by atoms with Gasteiger partial charge in [-0.05, 0) is 48.4 Å². The fraction of sp³-hybridized carbons (Fsp3) is 0.259. The van der Waals surface area contributed by atoms with E-state index < -0.39 is 0 Å². The van der Waals surface area contributed by atoms with E-state index in [4.69, 9.17) is 9.47 Å². The lowest BCUT2D eigenvalue weighted by molar-refractivity contribution is -0.128. The highest BCUT2D eigenvalue weighted by molar-refractivity contribution is 8.00. The standard InChI is InChI=1S/C27H28N2O4S/c1-18(23-15-22(32-2)13-14-24(23)33-3)28-26(31)20-9-11-21(12-10-20)27-29(25(30)17-34-27)16-19-7-5-4-6-8-19/h4-15,18,27H,16-17H2,1-3H3,(H,28,31). The van der Waals surface area contributed by atoms with Gasteiger partial charge in [0, 0.05) is 17.7 Å². The summed E-state index contributed by atoms with van der Waals surface area (Å²) >= 11 is 1.61. The van der Waals surface area contributed by atoms with Crippen molar-refractivity contribution in [3.05, 3.63) is 95.1 Å². The molecular formula is C27H28N2O4S. The number of carbonyl (C=O) groups is 2. The zero-order valence-electron chi connectivity index (χ0n) is 19.5. The average Bonchev–Trinajstić information content (AvgIpc) is 3.24. The Hall–Kier alpha value is -3.45. The molecule has 7 heteroatoms. The highest BCUT2D eigenvalue weighted by atomic mass is 32.2. The van der Waals surface area contributed by atoms with Crippen molar-refractivity contribution in [2.24, 2.45) is 0 Å². The zero-order valence-corrected chi connectivity index (χ0v) is 20.3. The maximum Gasteiger partial charge on any atom is 0.251 e. The first-order chi connectivity index (χ1) is 16.5. The summed E-state index contributed by atoms with van der Waals surface area (Å²) in [7, 11) is 3.21. The van der Waals surface area contributed by atoms with E-state index in [9.17, 15) is 9.59 Å². The van der Waals surface area contributed by atoms with Gasteiger partial charge in [0.15, 0.2) is 0 Å². The van der Waals surface area contributed by atoms with Crippen LogP contribution in [0.5, 0.6) is 11.5 Å². The number of amides is 2. The number of ether oxygens (including phenoxy) is 2. The predicted octanol–water partition coefficient (Wildman–Crippen LogP) is 4.97. The third-order valence-corrected chi connectivity index (χ3v) is 7.13. The number of nitrogens with zero attached hydrogens (tertiary/aromatic N) is 1. The van der Waals surface area contributed by atoms with Crippen molar-refractivity contribution in [3.8, 4) is 11.5 Å². The summed E-state index contributed by atoms with van der Waals surface area (Å²) in [6.07, 6.45) is 0. The number of hydrogen-bond donors (Lipinski definition) is 1. The van der Waals surface area contributed by atoms with Crippen LogP contribution < -0.4 is 14.8 Å². The molecule has 176 valence electrons. The Morgan fingerprint density at radius 3 is 2.47 bits per heavy atom. The average molecular weight is 477 g/mol. The lowest BCUT2D eigenvalue weighted by Gasteiger charge is -2.24.